The molecule has 1 saturated carbocycles. The van der Waals surface area contributed by atoms with Gasteiger partial charge in [0, 0.05) is 47.8 Å². The van der Waals surface area contributed by atoms with Crippen molar-refractivity contribution in [3.05, 3.63) is 47.2 Å². The minimum Gasteiger partial charge on any atom is -0.411 e. The van der Waals surface area contributed by atoms with Crippen LogP contribution in [0.15, 0.2) is 46.8 Å². The standard InChI is InChI=1S/C23H31N3O/c1-17(2)18-7-9-20(10-8-18)25-13-11-21(12-14-25)26-16-19(15-24-27)22-5-3-4-6-23(22)26/h3-6,15-16,20-21,27H,7-14H2,1-2H3. The van der Waals surface area contributed by atoms with Crippen LogP contribution < -0.4 is 0 Å². The maximum atomic E-state index is 8.98. The molecule has 2 aromatic rings. The van der Waals surface area contributed by atoms with Crippen LogP contribution in [0.1, 0.15) is 64.0 Å². The molecule has 1 aromatic carbocycles. The molecule has 0 amide bonds. The molecule has 0 bridgehead atoms. The summed E-state index contributed by atoms with van der Waals surface area (Å²) in [4.78, 5) is 2.74. The van der Waals surface area contributed by atoms with Gasteiger partial charge in [0.25, 0.3) is 0 Å². The average Bonchev–Trinajstić information content (AvgIpc) is 3.07. The lowest BCUT2D eigenvalue weighted by atomic mass is 9.86. The summed E-state index contributed by atoms with van der Waals surface area (Å²) < 4.78 is 2.41. The fourth-order valence-corrected chi connectivity index (χ4v) is 5.04. The molecule has 144 valence electrons. The molecule has 1 aliphatic heterocycles. The molecule has 4 heteroatoms. The van der Waals surface area contributed by atoms with E-state index in [0.717, 1.165) is 11.6 Å². The Kier molecular flexibility index (Phi) is 5.35. The first-order valence-corrected chi connectivity index (χ1v) is 10.3. The van der Waals surface area contributed by atoms with Gasteiger partial charge in [-0.1, -0.05) is 34.5 Å². The molecule has 0 spiro atoms. The number of benzene rings is 1. The number of para-hydroxylation sites is 1. The van der Waals surface area contributed by atoms with Crippen molar-refractivity contribution < 1.29 is 5.21 Å². The van der Waals surface area contributed by atoms with E-state index in [9.17, 15) is 0 Å². The van der Waals surface area contributed by atoms with E-state index in [-0.39, 0.29) is 0 Å². The zero-order valence-corrected chi connectivity index (χ0v) is 16.6. The highest BCUT2D eigenvalue weighted by Crippen LogP contribution is 2.34. The minimum absolute atomic E-state index is 0.531. The van der Waals surface area contributed by atoms with Gasteiger partial charge in [-0.15, -0.1) is 0 Å². The van der Waals surface area contributed by atoms with Gasteiger partial charge in [-0.05, 0) is 58.4 Å². The molecule has 0 unspecified atom stereocenters. The molecule has 4 nitrogen and oxygen atoms in total. The van der Waals surface area contributed by atoms with Crippen LogP contribution in [0.2, 0.25) is 0 Å². The van der Waals surface area contributed by atoms with Gasteiger partial charge in [0.2, 0.25) is 0 Å². The van der Waals surface area contributed by atoms with Crippen LogP contribution in [0.3, 0.4) is 0 Å². The van der Waals surface area contributed by atoms with Crippen LogP contribution >= 0.6 is 0 Å². The Hall–Kier alpha value is -2.07. The van der Waals surface area contributed by atoms with Gasteiger partial charge >= 0.3 is 0 Å². The fourth-order valence-electron chi connectivity index (χ4n) is 5.04. The Morgan fingerprint density at radius 2 is 1.74 bits per heavy atom. The molecule has 2 fully saturated rings. The maximum absolute atomic E-state index is 8.98. The molecular formula is C23H31N3O. The van der Waals surface area contributed by atoms with Gasteiger partial charge in [-0.2, -0.15) is 0 Å². The largest absolute Gasteiger partial charge is 0.411 e. The third kappa shape index (κ3) is 3.68. The molecule has 1 aromatic heterocycles. The number of aromatic nitrogens is 1. The highest BCUT2D eigenvalue weighted by atomic mass is 16.4. The number of nitrogens with zero attached hydrogens (tertiary/aromatic N) is 3. The summed E-state index contributed by atoms with van der Waals surface area (Å²) in [5.41, 5.74) is 5.47. The minimum atomic E-state index is 0.531. The first kappa shape index (κ1) is 18.3. The van der Waals surface area contributed by atoms with E-state index in [1.165, 1.54) is 68.1 Å². The lowest BCUT2D eigenvalue weighted by Gasteiger charge is -2.40. The number of allylic oxidation sites excluding steroid dienone is 2. The average molecular weight is 366 g/mol. The summed E-state index contributed by atoms with van der Waals surface area (Å²) in [5, 5.41) is 13.4. The summed E-state index contributed by atoms with van der Waals surface area (Å²) in [6.45, 7) is 6.90. The lowest BCUT2D eigenvalue weighted by molar-refractivity contribution is 0.117. The number of likely N-dealkylation sites (tertiary alicyclic amines) is 1. The first-order valence-electron chi connectivity index (χ1n) is 10.3. The van der Waals surface area contributed by atoms with E-state index in [4.69, 9.17) is 5.21 Å². The van der Waals surface area contributed by atoms with E-state index >= 15 is 0 Å². The van der Waals surface area contributed by atoms with Crippen LogP contribution in [0, 0.1) is 0 Å². The van der Waals surface area contributed by atoms with Crippen molar-refractivity contribution in [3.8, 4) is 0 Å². The molecule has 1 aliphatic carbocycles. The SMILES string of the molecule is CC(C)=C1CCC(N2CCC(n3cc(C=NO)c4ccccc43)CC2)CC1. The second kappa shape index (κ2) is 7.89. The number of piperidine rings is 1. The second-order valence-electron chi connectivity index (χ2n) is 8.36. The van der Waals surface area contributed by atoms with E-state index in [1.807, 2.05) is 6.07 Å². The number of rotatable bonds is 3. The van der Waals surface area contributed by atoms with Gasteiger partial charge in [-0.25, -0.2) is 0 Å². The smallest absolute Gasteiger partial charge is 0.0755 e. The Labute approximate surface area is 162 Å². The van der Waals surface area contributed by atoms with E-state index < -0.39 is 0 Å². The number of hydrogen-bond acceptors (Lipinski definition) is 3. The van der Waals surface area contributed by atoms with Crippen LogP contribution in [0.4, 0.5) is 0 Å². The van der Waals surface area contributed by atoms with Crippen molar-refractivity contribution in [2.45, 2.75) is 64.5 Å². The molecule has 1 N–H and O–H groups in total. The monoisotopic (exact) mass is 365 g/mol. The van der Waals surface area contributed by atoms with Crippen LogP contribution in [0.5, 0.6) is 0 Å². The van der Waals surface area contributed by atoms with E-state index in [1.54, 1.807) is 11.8 Å². The summed E-state index contributed by atoms with van der Waals surface area (Å²) >= 11 is 0. The molecule has 0 radical (unpaired) electrons. The van der Waals surface area contributed by atoms with Crippen molar-refractivity contribution in [2.75, 3.05) is 13.1 Å². The topological polar surface area (TPSA) is 40.8 Å². The Balaban J connectivity index is 1.44. The van der Waals surface area contributed by atoms with Crippen molar-refractivity contribution in [1.82, 2.24) is 9.47 Å². The van der Waals surface area contributed by atoms with Gasteiger partial charge in [0.05, 0.1) is 6.21 Å². The Bertz CT molecular complexity index is 842. The van der Waals surface area contributed by atoms with Crippen LogP contribution in [0.25, 0.3) is 10.9 Å². The van der Waals surface area contributed by atoms with Crippen molar-refractivity contribution >= 4 is 17.1 Å². The number of fused-ring (bicyclic) bond motifs is 1. The molecular weight excluding hydrogens is 334 g/mol. The van der Waals surface area contributed by atoms with Crippen molar-refractivity contribution in [2.24, 2.45) is 5.16 Å². The maximum Gasteiger partial charge on any atom is 0.0755 e. The summed E-state index contributed by atoms with van der Waals surface area (Å²) in [6, 6.07) is 9.74. The third-order valence-corrected chi connectivity index (χ3v) is 6.64. The summed E-state index contributed by atoms with van der Waals surface area (Å²) in [7, 11) is 0. The van der Waals surface area contributed by atoms with Crippen LogP contribution in [-0.4, -0.2) is 40.0 Å². The van der Waals surface area contributed by atoms with Crippen molar-refractivity contribution in [3.63, 3.8) is 0 Å². The molecule has 1 saturated heterocycles. The number of oxime groups is 1. The summed E-state index contributed by atoms with van der Waals surface area (Å²) in [6.07, 6.45) is 11.3. The van der Waals surface area contributed by atoms with Gasteiger partial charge in [0.15, 0.2) is 0 Å². The molecule has 2 aliphatic rings. The summed E-state index contributed by atoms with van der Waals surface area (Å²) in [5.74, 6) is 0. The quantitative estimate of drug-likeness (QED) is 0.344. The fraction of sp³-hybridized carbons (Fsp3) is 0.522. The zero-order valence-electron chi connectivity index (χ0n) is 16.6. The molecule has 4 rings (SSSR count). The molecule has 0 atom stereocenters. The normalized spacial score (nSPS) is 22.7. The lowest BCUT2D eigenvalue weighted by Crippen LogP contribution is -2.42. The predicted molar refractivity (Wildman–Crippen MR) is 112 cm³/mol. The van der Waals surface area contributed by atoms with Crippen molar-refractivity contribution in [1.29, 1.82) is 0 Å². The van der Waals surface area contributed by atoms with E-state index in [0.29, 0.717) is 6.04 Å². The van der Waals surface area contributed by atoms with Gasteiger partial charge in [0.1, 0.15) is 0 Å². The highest BCUT2D eigenvalue weighted by molar-refractivity contribution is 5.99. The first-order chi connectivity index (χ1) is 13.2. The predicted octanol–water partition coefficient (Wildman–Crippen LogP) is 5.37. The Morgan fingerprint density at radius 1 is 1.04 bits per heavy atom. The van der Waals surface area contributed by atoms with Gasteiger partial charge < -0.3 is 14.7 Å². The molecule has 27 heavy (non-hydrogen) atoms. The second-order valence-corrected chi connectivity index (χ2v) is 8.36. The highest BCUT2D eigenvalue weighted by Gasteiger charge is 2.28. The van der Waals surface area contributed by atoms with E-state index in [2.05, 4.69) is 52.9 Å². The van der Waals surface area contributed by atoms with Crippen LogP contribution in [-0.2, 0) is 0 Å². The third-order valence-electron chi connectivity index (χ3n) is 6.64. The van der Waals surface area contributed by atoms with Gasteiger partial charge in [-0.3, -0.25) is 0 Å². The number of hydrogen-bond donors (Lipinski definition) is 1. The zero-order chi connectivity index (χ0) is 18.8. The Morgan fingerprint density at radius 3 is 2.41 bits per heavy atom. The molecule has 2 heterocycles.